The summed E-state index contributed by atoms with van der Waals surface area (Å²) in [5, 5.41) is 4.81. The molecule has 0 saturated carbocycles. The summed E-state index contributed by atoms with van der Waals surface area (Å²) >= 11 is 6.07. The zero-order chi connectivity index (χ0) is 19.5. The van der Waals surface area contributed by atoms with Gasteiger partial charge in [-0.2, -0.15) is 0 Å². The van der Waals surface area contributed by atoms with Crippen LogP contribution in [0, 0.1) is 6.92 Å². The van der Waals surface area contributed by atoms with Crippen LogP contribution in [0.3, 0.4) is 0 Å². The van der Waals surface area contributed by atoms with Crippen molar-refractivity contribution in [3.63, 3.8) is 0 Å². The summed E-state index contributed by atoms with van der Waals surface area (Å²) in [7, 11) is 0. The van der Waals surface area contributed by atoms with Crippen molar-refractivity contribution in [3.05, 3.63) is 70.4 Å². The zero-order valence-electron chi connectivity index (χ0n) is 16.1. The highest BCUT2D eigenvalue weighted by molar-refractivity contribution is 6.30. The molecule has 1 amide bonds. The smallest absolute Gasteiger partial charge is 0.287 e. The maximum absolute atomic E-state index is 12.9. The Balaban J connectivity index is 1.53. The number of likely N-dealkylation sites (tertiary alicyclic amines) is 1. The molecule has 1 aromatic heterocycles. The summed E-state index contributed by atoms with van der Waals surface area (Å²) in [6.07, 6.45) is 3.66. The average molecular weight is 397 g/mol. The van der Waals surface area contributed by atoms with E-state index in [1.54, 1.807) is 0 Å². The summed E-state index contributed by atoms with van der Waals surface area (Å²) in [5.41, 5.74) is 2.80. The van der Waals surface area contributed by atoms with E-state index < -0.39 is 0 Å². The standard InChI is InChI=1S/C23H25ClN2O2/c1-16-19-7-3-4-8-21(19)28-22(16)23(27)25-15-20(26-13-5-2-6-14-26)17-9-11-18(24)12-10-17/h3-4,7-12,20H,2,5-6,13-15H2,1H3,(H,25,27)/t20-/m1/s1. The van der Waals surface area contributed by atoms with Crippen LogP contribution >= 0.6 is 11.6 Å². The second kappa shape index (κ2) is 8.38. The van der Waals surface area contributed by atoms with Crippen molar-refractivity contribution in [3.8, 4) is 0 Å². The highest BCUT2D eigenvalue weighted by Gasteiger charge is 2.24. The Morgan fingerprint density at radius 2 is 1.82 bits per heavy atom. The number of aryl methyl sites for hydroxylation is 1. The van der Waals surface area contributed by atoms with Gasteiger partial charge in [0.1, 0.15) is 5.58 Å². The van der Waals surface area contributed by atoms with Crippen molar-refractivity contribution < 1.29 is 9.21 Å². The molecule has 1 aliphatic heterocycles. The lowest BCUT2D eigenvalue weighted by atomic mass is 10.0. The SMILES string of the molecule is Cc1c(C(=O)NC[C@H](c2ccc(Cl)cc2)N2CCCCC2)oc2ccccc12. The molecule has 1 aliphatic rings. The molecule has 0 spiro atoms. The molecular formula is C23H25ClN2O2. The van der Waals surface area contributed by atoms with Gasteiger partial charge >= 0.3 is 0 Å². The number of hydrogen-bond acceptors (Lipinski definition) is 3. The lowest BCUT2D eigenvalue weighted by molar-refractivity contribution is 0.0898. The predicted molar refractivity (Wildman–Crippen MR) is 113 cm³/mol. The maximum Gasteiger partial charge on any atom is 0.287 e. The number of benzene rings is 2. The van der Waals surface area contributed by atoms with Gasteiger partial charge in [-0.1, -0.05) is 48.4 Å². The van der Waals surface area contributed by atoms with Crippen LogP contribution in [0.1, 0.15) is 47.0 Å². The average Bonchev–Trinajstić information content (AvgIpc) is 3.07. The molecule has 4 nitrogen and oxygen atoms in total. The molecule has 1 N–H and O–H groups in total. The van der Waals surface area contributed by atoms with Crippen LogP contribution in [0.2, 0.25) is 5.02 Å². The fourth-order valence-electron chi connectivity index (χ4n) is 4.03. The van der Waals surface area contributed by atoms with Gasteiger partial charge in [-0.3, -0.25) is 9.69 Å². The van der Waals surface area contributed by atoms with E-state index in [4.69, 9.17) is 16.0 Å². The third-order valence-electron chi connectivity index (χ3n) is 5.59. The lowest BCUT2D eigenvalue weighted by Crippen LogP contribution is -2.40. The largest absolute Gasteiger partial charge is 0.451 e. The number of rotatable bonds is 5. The highest BCUT2D eigenvalue weighted by atomic mass is 35.5. The van der Waals surface area contributed by atoms with Gasteiger partial charge in [0, 0.05) is 22.5 Å². The Kier molecular flexibility index (Phi) is 5.69. The fourth-order valence-corrected chi connectivity index (χ4v) is 4.16. The van der Waals surface area contributed by atoms with Gasteiger partial charge in [0.25, 0.3) is 5.91 Å². The van der Waals surface area contributed by atoms with Crippen molar-refractivity contribution >= 4 is 28.5 Å². The summed E-state index contributed by atoms with van der Waals surface area (Å²) < 4.78 is 5.82. The fraction of sp³-hybridized carbons (Fsp3) is 0.348. The number of hydrogen-bond donors (Lipinski definition) is 1. The second-order valence-corrected chi connectivity index (χ2v) is 7.86. The molecule has 0 unspecified atom stereocenters. The molecule has 4 rings (SSSR count). The lowest BCUT2D eigenvalue weighted by Gasteiger charge is -2.35. The highest BCUT2D eigenvalue weighted by Crippen LogP contribution is 2.27. The predicted octanol–water partition coefficient (Wildman–Crippen LogP) is 5.35. The number of nitrogens with one attached hydrogen (secondary N) is 1. The molecule has 0 bridgehead atoms. The summed E-state index contributed by atoms with van der Waals surface area (Å²) in [6.45, 7) is 4.57. The van der Waals surface area contributed by atoms with Crippen molar-refractivity contribution in [2.45, 2.75) is 32.2 Å². The van der Waals surface area contributed by atoms with Crippen LogP contribution in [0.4, 0.5) is 0 Å². The molecule has 2 aromatic carbocycles. The van der Waals surface area contributed by atoms with Crippen molar-refractivity contribution in [2.24, 2.45) is 0 Å². The van der Waals surface area contributed by atoms with E-state index in [2.05, 4.69) is 22.3 Å². The number of furan rings is 1. The number of amides is 1. The molecule has 0 radical (unpaired) electrons. The summed E-state index contributed by atoms with van der Waals surface area (Å²) in [6, 6.07) is 15.8. The van der Waals surface area contributed by atoms with Gasteiger partial charge in [-0.05, 0) is 56.6 Å². The first-order valence-electron chi connectivity index (χ1n) is 9.89. The third-order valence-corrected chi connectivity index (χ3v) is 5.84. The van der Waals surface area contributed by atoms with Gasteiger partial charge in [0.15, 0.2) is 5.76 Å². The van der Waals surface area contributed by atoms with E-state index in [-0.39, 0.29) is 11.9 Å². The van der Waals surface area contributed by atoms with E-state index >= 15 is 0 Å². The molecule has 3 aromatic rings. The van der Waals surface area contributed by atoms with Crippen LogP contribution in [-0.4, -0.2) is 30.4 Å². The molecule has 0 aliphatic carbocycles. The second-order valence-electron chi connectivity index (χ2n) is 7.43. The molecule has 146 valence electrons. The molecule has 1 atom stereocenters. The number of para-hydroxylation sites is 1. The first-order valence-corrected chi connectivity index (χ1v) is 10.3. The minimum absolute atomic E-state index is 0.131. The maximum atomic E-state index is 12.9. The van der Waals surface area contributed by atoms with Crippen molar-refractivity contribution in [1.82, 2.24) is 10.2 Å². The minimum Gasteiger partial charge on any atom is -0.451 e. The monoisotopic (exact) mass is 396 g/mol. The first-order chi connectivity index (χ1) is 13.6. The van der Waals surface area contributed by atoms with E-state index in [9.17, 15) is 4.79 Å². The Morgan fingerprint density at radius 3 is 2.54 bits per heavy atom. The normalized spacial score (nSPS) is 16.2. The van der Waals surface area contributed by atoms with Gasteiger partial charge < -0.3 is 9.73 Å². The van der Waals surface area contributed by atoms with Crippen LogP contribution in [0.15, 0.2) is 52.9 Å². The van der Waals surface area contributed by atoms with Gasteiger partial charge in [-0.25, -0.2) is 0 Å². The van der Waals surface area contributed by atoms with Crippen molar-refractivity contribution in [2.75, 3.05) is 19.6 Å². The Bertz CT molecular complexity index is 958. The minimum atomic E-state index is -0.162. The van der Waals surface area contributed by atoms with E-state index in [0.29, 0.717) is 12.3 Å². The molecule has 5 heteroatoms. The van der Waals surface area contributed by atoms with Crippen LogP contribution in [0.5, 0.6) is 0 Å². The van der Waals surface area contributed by atoms with Crippen LogP contribution < -0.4 is 5.32 Å². The number of fused-ring (bicyclic) bond motifs is 1. The topological polar surface area (TPSA) is 45.5 Å². The Hall–Kier alpha value is -2.30. The van der Waals surface area contributed by atoms with Crippen molar-refractivity contribution in [1.29, 1.82) is 0 Å². The number of nitrogens with zero attached hydrogens (tertiary/aromatic N) is 1. The first kappa shape index (κ1) is 19.0. The van der Waals surface area contributed by atoms with Crippen LogP contribution in [0.25, 0.3) is 11.0 Å². The van der Waals surface area contributed by atoms with E-state index in [1.165, 1.54) is 24.8 Å². The van der Waals surface area contributed by atoms with Crippen LogP contribution in [-0.2, 0) is 0 Å². The third kappa shape index (κ3) is 3.94. The molecular weight excluding hydrogens is 372 g/mol. The number of halogens is 1. The zero-order valence-corrected chi connectivity index (χ0v) is 16.8. The van der Waals surface area contributed by atoms with Gasteiger partial charge in [-0.15, -0.1) is 0 Å². The van der Waals surface area contributed by atoms with Gasteiger partial charge in [0.05, 0.1) is 6.04 Å². The van der Waals surface area contributed by atoms with E-state index in [1.807, 2.05) is 43.3 Å². The number of carbonyl (C=O) groups is 1. The number of carbonyl (C=O) groups excluding carboxylic acids is 1. The number of piperidine rings is 1. The van der Waals surface area contributed by atoms with Gasteiger partial charge in [0.2, 0.25) is 0 Å². The molecule has 28 heavy (non-hydrogen) atoms. The summed E-state index contributed by atoms with van der Waals surface area (Å²) in [5.74, 6) is 0.236. The molecule has 1 saturated heterocycles. The van der Waals surface area contributed by atoms with E-state index in [0.717, 1.165) is 34.6 Å². The summed E-state index contributed by atoms with van der Waals surface area (Å²) in [4.78, 5) is 15.3. The quantitative estimate of drug-likeness (QED) is 0.632. The molecule has 1 fully saturated rings. The molecule has 2 heterocycles. The Labute approximate surface area is 170 Å². The Morgan fingerprint density at radius 1 is 1.11 bits per heavy atom.